The maximum atomic E-state index is 12.3. The van der Waals surface area contributed by atoms with Crippen molar-refractivity contribution in [2.75, 3.05) is 19.7 Å². The number of hydrogen-bond acceptors (Lipinski definition) is 4. The van der Waals surface area contributed by atoms with Gasteiger partial charge in [0.05, 0.1) is 0 Å². The summed E-state index contributed by atoms with van der Waals surface area (Å²) in [5.41, 5.74) is 7.36. The van der Waals surface area contributed by atoms with E-state index in [2.05, 4.69) is 0 Å². The molecule has 24 heavy (non-hydrogen) atoms. The molecule has 6 heteroatoms. The predicted molar refractivity (Wildman–Crippen MR) is 94.6 cm³/mol. The molecule has 0 bridgehead atoms. The van der Waals surface area contributed by atoms with Gasteiger partial charge in [0.1, 0.15) is 11.5 Å². The molecular formula is C18H21ClN2O3. The molecule has 0 aliphatic carbocycles. The van der Waals surface area contributed by atoms with Gasteiger partial charge in [0.15, 0.2) is 6.61 Å². The van der Waals surface area contributed by atoms with E-state index >= 15 is 0 Å². The van der Waals surface area contributed by atoms with Gasteiger partial charge >= 0.3 is 0 Å². The Balaban J connectivity index is 0.00000208. The summed E-state index contributed by atoms with van der Waals surface area (Å²) < 4.78 is 5.47. The number of carbonyl (C=O) groups excluding carboxylic acids is 1. The van der Waals surface area contributed by atoms with E-state index in [4.69, 9.17) is 10.5 Å². The van der Waals surface area contributed by atoms with Crippen LogP contribution in [0.5, 0.6) is 11.5 Å². The molecule has 1 amide bonds. The lowest BCUT2D eigenvalue weighted by Crippen LogP contribution is -2.35. The number of carbonyl (C=O) groups is 1. The third-order valence-electron chi connectivity index (χ3n) is 4.14. The van der Waals surface area contributed by atoms with Gasteiger partial charge < -0.3 is 20.5 Å². The average Bonchev–Trinajstić information content (AvgIpc) is 2.97. The van der Waals surface area contributed by atoms with Gasteiger partial charge in [-0.05, 0) is 29.8 Å². The van der Waals surface area contributed by atoms with Crippen LogP contribution in [-0.4, -0.2) is 41.7 Å². The fraction of sp³-hybridized carbons (Fsp3) is 0.278. The molecule has 0 saturated carbocycles. The first-order valence-electron chi connectivity index (χ1n) is 7.63. The number of benzene rings is 2. The summed E-state index contributed by atoms with van der Waals surface area (Å²) in [7, 11) is 0. The van der Waals surface area contributed by atoms with Gasteiger partial charge in [-0.3, -0.25) is 4.79 Å². The van der Waals surface area contributed by atoms with Crippen LogP contribution < -0.4 is 10.5 Å². The second-order valence-corrected chi connectivity index (χ2v) is 5.76. The van der Waals surface area contributed by atoms with Gasteiger partial charge in [-0.25, -0.2) is 0 Å². The molecule has 1 aliphatic heterocycles. The number of phenols is 1. The van der Waals surface area contributed by atoms with E-state index in [-0.39, 0.29) is 42.6 Å². The summed E-state index contributed by atoms with van der Waals surface area (Å²) >= 11 is 0. The Morgan fingerprint density at radius 3 is 2.46 bits per heavy atom. The second-order valence-electron chi connectivity index (χ2n) is 5.76. The molecule has 2 aromatic carbocycles. The minimum absolute atomic E-state index is 0. The number of phenolic OH excluding ortho intramolecular Hbond substituents is 1. The SMILES string of the molecule is Cl.N[C@@H]1CN(C(=O)COc2ccc(O)cc2)C[C@H]1c1ccccc1. The van der Waals surface area contributed by atoms with Crippen LogP contribution in [0.3, 0.4) is 0 Å². The third-order valence-corrected chi connectivity index (χ3v) is 4.14. The van der Waals surface area contributed by atoms with Gasteiger partial charge in [0.2, 0.25) is 0 Å². The fourth-order valence-electron chi connectivity index (χ4n) is 2.86. The molecular weight excluding hydrogens is 328 g/mol. The van der Waals surface area contributed by atoms with Gasteiger partial charge in [0, 0.05) is 25.0 Å². The maximum absolute atomic E-state index is 12.3. The van der Waals surface area contributed by atoms with E-state index < -0.39 is 0 Å². The number of nitrogens with two attached hydrogens (primary N) is 1. The quantitative estimate of drug-likeness (QED) is 0.887. The molecule has 3 rings (SSSR count). The number of nitrogens with zero attached hydrogens (tertiary/aromatic N) is 1. The zero-order chi connectivity index (χ0) is 16.2. The molecule has 0 spiro atoms. The standard InChI is InChI=1S/C18H20N2O3.ClH/c19-17-11-20(10-16(17)13-4-2-1-3-5-13)18(22)12-23-15-8-6-14(21)7-9-15;/h1-9,16-17,21H,10-12,19H2;1H/t16-,17+;/m0./s1. The predicted octanol–water partition coefficient (Wildman–Crippen LogP) is 2.15. The molecule has 2 aromatic rings. The highest BCUT2D eigenvalue weighted by atomic mass is 35.5. The van der Waals surface area contributed by atoms with Crippen molar-refractivity contribution in [3.63, 3.8) is 0 Å². The van der Waals surface area contributed by atoms with Crippen LogP contribution in [0.1, 0.15) is 11.5 Å². The highest BCUT2D eigenvalue weighted by molar-refractivity contribution is 5.85. The van der Waals surface area contributed by atoms with E-state index in [0.29, 0.717) is 18.8 Å². The van der Waals surface area contributed by atoms with E-state index in [0.717, 1.165) is 5.56 Å². The Labute approximate surface area is 147 Å². The Hall–Kier alpha value is -2.24. The van der Waals surface area contributed by atoms with Gasteiger partial charge in [-0.1, -0.05) is 30.3 Å². The minimum atomic E-state index is -0.0769. The summed E-state index contributed by atoms with van der Waals surface area (Å²) in [6, 6.07) is 16.3. The highest BCUT2D eigenvalue weighted by Crippen LogP contribution is 2.26. The molecule has 0 unspecified atom stereocenters. The molecule has 1 saturated heterocycles. The Morgan fingerprint density at radius 1 is 1.12 bits per heavy atom. The van der Waals surface area contributed by atoms with E-state index in [1.807, 2.05) is 30.3 Å². The average molecular weight is 349 g/mol. The molecule has 128 valence electrons. The van der Waals surface area contributed by atoms with E-state index in [1.165, 1.54) is 12.1 Å². The van der Waals surface area contributed by atoms with Crippen molar-refractivity contribution >= 4 is 18.3 Å². The van der Waals surface area contributed by atoms with Crippen LogP contribution in [0.4, 0.5) is 0 Å². The fourth-order valence-corrected chi connectivity index (χ4v) is 2.86. The lowest BCUT2D eigenvalue weighted by Gasteiger charge is -2.17. The molecule has 2 atom stereocenters. The summed E-state index contributed by atoms with van der Waals surface area (Å²) in [5.74, 6) is 0.805. The lowest BCUT2D eigenvalue weighted by atomic mass is 9.95. The zero-order valence-electron chi connectivity index (χ0n) is 13.2. The first-order valence-corrected chi connectivity index (χ1v) is 7.63. The van der Waals surface area contributed by atoms with Crippen molar-refractivity contribution in [3.8, 4) is 11.5 Å². The first-order chi connectivity index (χ1) is 11.1. The van der Waals surface area contributed by atoms with E-state index in [1.54, 1.807) is 17.0 Å². The largest absolute Gasteiger partial charge is 0.508 e. The summed E-state index contributed by atoms with van der Waals surface area (Å²) in [6.45, 7) is 1.12. The topological polar surface area (TPSA) is 75.8 Å². The lowest BCUT2D eigenvalue weighted by molar-refractivity contribution is -0.132. The van der Waals surface area contributed by atoms with Crippen molar-refractivity contribution in [2.24, 2.45) is 5.73 Å². The number of hydrogen-bond donors (Lipinski definition) is 2. The first kappa shape index (κ1) is 18.1. The van der Waals surface area contributed by atoms with Gasteiger partial charge in [-0.15, -0.1) is 12.4 Å². The van der Waals surface area contributed by atoms with Crippen molar-refractivity contribution < 1.29 is 14.6 Å². The number of aromatic hydroxyl groups is 1. The van der Waals surface area contributed by atoms with Crippen LogP contribution in [0, 0.1) is 0 Å². The monoisotopic (exact) mass is 348 g/mol. The minimum Gasteiger partial charge on any atom is -0.508 e. The van der Waals surface area contributed by atoms with Crippen LogP contribution in [0.2, 0.25) is 0 Å². The summed E-state index contributed by atoms with van der Waals surface area (Å²) in [6.07, 6.45) is 0. The Bertz CT molecular complexity index is 664. The van der Waals surface area contributed by atoms with Crippen LogP contribution in [0.25, 0.3) is 0 Å². The molecule has 3 N–H and O–H groups in total. The smallest absolute Gasteiger partial charge is 0.260 e. The van der Waals surface area contributed by atoms with Crippen molar-refractivity contribution in [3.05, 3.63) is 60.2 Å². The van der Waals surface area contributed by atoms with Crippen LogP contribution in [0.15, 0.2) is 54.6 Å². The normalized spacial score (nSPS) is 19.6. The summed E-state index contributed by atoms with van der Waals surface area (Å²) in [4.78, 5) is 14.1. The van der Waals surface area contributed by atoms with Crippen molar-refractivity contribution in [1.82, 2.24) is 4.90 Å². The number of likely N-dealkylation sites (tertiary alicyclic amines) is 1. The van der Waals surface area contributed by atoms with Crippen molar-refractivity contribution in [2.45, 2.75) is 12.0 Å². The van der Waals surface area contributed by atoms with E-state index in [9.17, 15) is 9.90 Å². The molecule has 1 heterocycles. The molecule has 0 aromatic heterocycles. The number of ether oxygens (including phenoxy) is 1. The van der Waals surface area contributed by atoms with Crippen LogP contribution >= 0.6 is 12.4 Å². The molecule has 5 nitrogen and oxygen atoms in total. The third kappa shape index (κ3) is 4.19. The molecule has 1 fully saturated rings. The zero-order valence-corrected chi connectivity index (χ0v) is 14.0. The number of rotatable bonds is 4. The maximum Gasteiger partial charge on any atom is 0.260 e. The summed E-state index contributed by atoms with van der Waals surface area (Å²) in [5, 5.41) is 9.23. The van der Waals surface area contributed by atoms with Crippen molar-refractivity contribution in [1.29, 1.82) is 0 Å². The number of amides is 1. The van der Waals surface area contributed by atoms with Crippen LogP contribution in [-0.2, 0) is 4.79 Å². The van der Waals surface area contributed by atoms with Gasteiger partial charge in [0.25, 0.3) is 5.91 Å². The second kappa shape index (κ2) is 8.04. The number of halogens is 1. The Kier molecular flexibility index (Phi) is 6.06. The highest BCUT2D eigenvalue weighted by Gasteiger charge is 2.33. The molecule has 1 aliphatic rings. The molecule has 0 radical (unpaired) electrons. The Morgan fingerprint density at radius 2 is 1.79 bits per heavy atom. The van der Waals surface area contributed by atoms with Gasteiger partial charge in [-0.2, -0.15) is 0 Å².